The molecule has 1 unspecified atom stereocenters. The summed E-state index contributed by atoms with van der Waals surface area (Å²) >= 11 is 0. The summed E-state index contributed by atoms with van der Waals surface area (Å²) in [6.45, 7) is 4.57. The van der Waals surface area contributed by atoms with Gasteiger partial charge in [-0.05, 0) is 62.5 Å². The number of nitrogens with zero attached hydrogens (tertiary/aromatic N) is 3. The van der Waals surface area contributed by atoms with Crippen molar-refractivity contribution in [3.63, 3.8) is 0 Å². The quantitative estimate of drug-likeness (QED) is 0.726. The van der Waals surface area contributed by atoms with Gasteiger partial charge in [0.05, 0.1) is 30.4 Å². The van der Waals surface area contributed by atoms with Gasteiger partial charge in [-0.25, -0.2) is 4.98 Å². The van der Waals surface area contributed by atoms with Crippen LogP contribution in [0, 0.1) is 0 Å². The number of rotatable bonds is 6. The van der Waals surface area contributed by atoms with Gasteiger partial charge in [-0.15, -0.1) is 0 Å². The first kappa shape index (κ1) is 20.9. The van der Waals surface area contributed by atoms with Gasteiger partial charge in [-0.3, -0.25) is 14.5 Å². The Morgan fingerprint density at radius 2 is 2.09 bits per heavy atom. The number of benzene rings is 1. The number of fused-ring (bicyclic) bond motifs is 1. The largest absolute Gasteiger partial charge is 0.376 e. The molecule has 3 aliphatic rings. The molecule has 0 radical (unpaired) electrons. The van der Waals surface area contributed by atoms with E-state index in [2.05, 4.69) is 26.6 Å². The van der Waals surface area contributed by atoms with Gasteiger partial charge < -0.3 is 20.3 Å². The van der Waals surface area contributed by atoms with E-state index in [1.54, 1.807) is 17.2 Å². The molecule has 0 bridgehead atoms. The molecule has 2 N–H and O–H groups in total. The van der Waals surface area contributed by atoms with Crippen molar-refractivity contribution in [2.75, 3.05) is 48.3 Å². The highest BCUT2D eigenvalue weighted by molar-refractivity contribution is 6.07. The molecule has 168 valence electrons. The number of hydrogen-bond donors (Lipinski definition) is 2. The van der Waals surface area contributed by atoms with Crippen molar-refractivity contribution in [2.24, 2.45) is 0 Å². The molecule has 1 aromatic heterocycles. The Hall–Kier alpha value is -2.97. The summed E-state index contributed by atoms with van der Waals surface area (Å²) in [4.78, 5) is 34.1. The second-order valence-corrected chi connectivity index (χ2v) is 8.72. The van der Waals surface area contributed by atoms with Gasteiger partial charge in [-0.2, -0.15) is 0 Å². The molecular weight excluding hydrogens is 406 g/mol. The van der Waals surface area contributed by atoms with Crippen LogP contribution in [0.3, 0.4) is 0 Å². The molecule has 8 heteroatoms. The minimum Gasteiger partial charge on any atom is -0.376 e. The average molecular weight is 436 g/mol. The molecule has 0 saturated carbocycles. The lowest BCUT2D eigenvalue weighted by molar-refractivity contribution is -0.117. The van der Waals surface area contributed by atoms with Crippen molar-refractivity contribution >= 4 is 29.0 Å². The number of pyridine rings is 1. The van der Waals surface area contributed by atoms with Crippen molar-refractivity contribution in [2.45, 2.75) is 38.3 Å². The number of carbonyl (C=O) groups excluding carboxylic acids is 2. The maximum absolute atomic E-state index is 13.0. The lowest BCUT2D eigenvalue weighted by atomic mass is 10.1. The van der Waals surface area contributed by atoms with E-state index in [1.807, 2.05) is 18.2 Å². The first-order valence-electron chi connectivity index (χ1n) is 11.4. The number of aromatic nitrogens is 1. The molecule has 32 heavy (non-hydrogen) atoms. The van der Waals surface area contributed by atoms with Crippen LogP contribution in [0.4, 0.5) is 17.2 Å². The van der Waals surface area contributed by atoms with Crippen LogP contribution in [0.5, 0.6) is 0 Å². The van der Waals surface area contributed by atoms with Crippen LogP contribution in [-0.2, 0) is 16.1 Å². The molecule has 8 nitrogen and oxygen atoms in total. The van der Waals surface area contributed by atoms with E-state index >= 15 is 0 Å². The van der Waals surface area contributed by atoms with Gasteiger partial charge in [0.1, 0.15) is 5.82 Å². The Labute approximate surface area is 187 Å². The monoisotopic (exact) mass is 435 g/mol. The van der Waals surface area contributed by atoms with E-state index in [0.29, 0.717) is 23.6 Å². The third-order valence-electron chi connectivity index (χ3n) is 6.33. The van der Waals surface area contributed by atoms with Crippen molar-refractivity contribution in [1.29, 1.82) is 0 Å². The number of carbonyl (C=O) groups is 2. The fourth-order valence-corrected chi connectivity index (χ4v) is 4.65. The molecule has 2 saturated heterocycles. The lowest BCUT2D eigenvalue weighted by Gasteiger charge is -2.31. The first-order valence-corrected chi connectivity index (χ1v) is 11.4. The molecule has 0 spiro atoms. The molecule has 1 aromatic carbocycles. The normalized spacial score (nSPS) is 20.8. The number of anilines is 3. The fraction of sp³-hybridized carbons (Fsp3) is 0.458. The highest BCUT2D eigenvalue weighted by Gasteiger charge is 2.29. The van der Waals surface area contributed by atoms with E-state index in [1.165, 1.54) is 18.4 Å². The van der Waals surface area contributed by atoms with Gasteiger partial charge in [0.15, 0.2) is 0 Å². The van der Waals surface area contributed by atoms with E-state index < -0.39 is 0 Å². The second-order valence-electron chi connectivity index (χ2n) is 8.72. The van der Waals surface area contributed by atoms with Crippen LogP contribution >= 0.6 is 0 Å². The van der Waals surface area contributed by atoms with Crippen molar-refractivity contribution in [3.8, 4) is 0 Å². The third-order valence-corrected chi connectivity index (χ3v) is 6.33. The summed E-state index contributed by atoms with van der Waals surface area (Å²) in [6, 6.07) is 9.72. The van der Waals surface area contributed by atoms with Crippen LogP contribution in [0.2, 0.25) is 0 Å². The minimum absolute atomic E-state index is 0.0285. The predicted octanol–water partition coefficient (Wildman–Crippen LogP) is 2.87. The molecular formula is C24H29N5O3. The number of likely N-dealkylation sites (tertiary alicyclic amines) is 1. The van der Waals surface area contributed by atoms with E-state index in [9.17, 15) is 9.59 Å². The van der Waals surface area contributed by atoms with Crippen LogP contribution in [0.1, 0.15) is 41.6 Å². The van der Waals surface area contributed by atoms with Gasteiger partial charge >= 0.3 is 0 Å². The number of amides is 2. The van der Waals surface area contributed by atoms with Gasteiger partial charge in [0, 0.05) is 25.0 Å². The van der Waals surface area contributed by atoms with Crippen LogP contribution in [0.15, 0.2) is 36.5 Å². The van der Waals surface area contributed by atoms with Gasteiger partial charge in [-0.1, -0.05) is 12.1 Å². The van der Waals surface area contributed by atoms with E-state index in [-0.39, 0.29) is 24.5 Å². The highest BCUT2D eigenvalue weighted by atomic mass is 16.5. The smallest absolute Gasteiger partial charge is 0.257 e. The molecule has 2 aromatic rings. The van der Waals surface area contributed by atoms with Crippen LogP contribution in [-0.4, -0.2) is 60.6 Å². The third kappa shape index (κ3) is 4.61. The molecule has 4 heterocycles. The van der Waals surface area contributed by atoms with E-state index in [4.69, 9.17) is 4.74 Å². The van der Waals surface area contributed by atoms with Gasteiger partial charge in [0.2, 0.25) is 5.91 Å². The number of ether oxygens (including phenoxy) is 1. The molecule has 2 amide bonds. The Kier molecular flexibility index (Phi) is 6.05. The van der Waals surface area contributed by atoms with Crippen molar-refractivity contribution in [3.05, 3.63) is 47.7 Å². The maximum Gasteiger partial charge on any atom is 0.257 e. The Balaban J connectivity index is 1.31. The minimum atomic E-state index is -0.242. The predicted molar refractivity (Wildman–Crippen MR) is 123 cm³/mol. The van der Waals surface area contributed by atoms with Crippen LogP contribution < -0.4 is 15.5 Å². The standard InChI is InChI=1S/C24H29N5O3/c30-22-14-26-23-21(29(22)16-20-7-4-10-32-20)12-18(13-25-23)24(31)27-19-6-3-5-17(11-19)15-28-8-1-2-9-28/h3,5-6,11-13,20H,1-2,4,7-10,14-16H2,(H,25,26)(H,27,31). The van der Waals surface area contributed by atoms with Crippen molar-refractivity contribution < 1.29 is 14.3 Å². The lowest BCUT2D eigenvalue weighted by Crippen LogP contribution is -2.44. The summed E-state index contributed by atoms with van der Waals surface area (Å²) in [6.07, 6.45) is 6.03. The molecule has 0 aliphatic carbocycles. The Bertz CT molecular complexity index is 999. The Morgan fingerprint density at radius 1 is 1.22 bits per heavy atom. The highest BCUT2D eigenvalue weighted by Crippen LogP contribution is 2.30. The van der Waals surface area contributed by atoms with Crippen LogP contribution in [0.25, 0.3) is 0 Å². The molecule has 5 rings (SSSR count). The summed E-state index contributed by atoms with van der Waals surface area (Å²) in [5.41, 5.74) is 3.00. The molecule has 3 aliphatic heterocycles. The molecule has 1 atom stereocenters. The second kappa shape index (κ2) is 9.26. The zero-order chi connectivity index (χ0) is 21.9. The average Bonchev–Trinajstić information content (AvgIpc) is 3.50. The Morgan fingerprint density at radius 3 is 2.91 bits per heavy atom. The topological polar surface area (TPSA) is 86.8 Å². The molecule has 2 fully saturated rings. The first-order chi connectivity index (χ1) is 15.7. The van der Waals surface area contributed by atoms with Crippen molar-refractivity contribution in [1.82, 2.24) is 9.88 Å². The maximum atomic E-state index is 13.0. The number of nitrogens with one attached hydrogen (secondary N) is 2. The summed E-state index contributed by atoms with van der Waals surface area (Å²) < 4.78 is 5.72. The summed E-state index contributed by atoms with van der Waals surface area (Å²) in [5.74, 6) is 0.336. The zero-order valence-electron chi connectivity index (χ0n) is 18.2. The summed E-state index contributed by atoms with van der Waals surface area (Å²) in [5, 5.41) is 6.03. The zero-order valence-corrected chi connectivity index (χ0v) is 18.2. The number of hydrogen-bond acceptors (Lipinski definition) is 6. The fourth-order valence-electron chi connectivity index (χ4n) is 4.65. The van der Waals surface area contributed by atoms with Gasteiger partial charge in [0.25, 0.3) is 5.91 Å². The summed E-state index contributed by atoms with van der Waals surface area (Å²) in [7, 11) is 0. The van der Waals surface area contributed by atoms with E-state index in [0.717, 1.165) is 44.8 Å². The SMILES string of the molecule is O=C(Nc1cccc(CN2CCCC2)c1)c1cnc2c(c1)N(CC1CCCO1)C(=O)CN2.